The summed E-state index contributed by atoms with van der Waals surface area (Å²) in [5.74, 6) is -0.288. The Balaban J connectivity index is 1.91. The average molecular weight is 605 g/mol. The number of hydrogen-bond donors (Lipinski definition) is 3. The molecule has 0 unspecified atom stereocenters. The number of para-hydroxylation sites is 1. The van der Waals surface area contributed by atoms with Crippen molar-refractivity contribution in [2.24, 2.45) is 5.92 Å². The van der Waals surface area contributed by atoms with Crippen LogP contribution in [0.15, 0.2) is 48.5 Å². The van der Waals surface area contributed by atoms with Crippen molar-refractivity contribution in [1.29, 1.82) is 0 Å². The molecule has 2 aromatic carbocycles. The van der Waals surface area contributed by atoms with Gasteiger partial charge in [0, 0.05) is 44.0 Å². The number of amides is 3. The van der Waals surface area contributed by atoms with Crippen LogP contribution >= 0.6 is 0 Å². The first-order valence-electron chi connectivity index (χ1n) is 14.3. The summed E-state index contributed by atoms with van der Waals surface area (Å²) < 4.78 is 38.7. The number of nitrogens with one attached hydrogen (secondary N) is 2. The number of aliphatic hydroxyl groups excluding tert-OH is 1. The van der Waals surface area contributed by atoms with Crippen molar-refractivity contribution in [3.8, 4) is 5.75 Å². The molecule has 3 N–H and O–H groups in total. The van der Waals surface area contributed by atoms with E-state index in [9.17, 15) is 23.1 Å². The van der Waals surface area contributed by atoms with Gasteiger partial charge in [-0.1, -0.05) is 25.1 Å². The second-order valence-corrected chi connectivity index (χ2v) is 12.8. The molecule has 3 rings (SSSR count). The molecule has 0 fully saturated rings. The molecule has 0 aliphatic carbocycles. The predicted molar refractivity (Wildman–Crippen MR) is 163 cm³/mol. The van der Waals surface area contributed by atoms with Gasteiger partial charge in [0.15, 0.2) is 0 Å². The molecule has 1 aliphatic heterocycles. The van der Waals surface area contributed by atoms with Crippen LogP contribution in [0.3, 0.4) is 0 Å². The molecule has 1 aliphatic rings. The molecule has 232 valence electrons. The molecule has 2 aromatic rings. The second-order valence-electron chi connectivity index (χ2n) is 11.1. The Morgan fingerprint density at radius 2 is 1.86 bits per heavy atom. The van der Waals surface area contributed by atoms with E-state index in [0.29, 0.717) is 18.0 Å². The fraction of sp³-hybridized carbons (Fsp3) is 0.533. The highest BCUT2D eigenvalue weighted by atomic mass is 32.2. The number of aliphatic hydroxyl groups is 1. The molecule has 0 saturated carbocycles. The normalized spacial score (nSPS) is 21.3. The number of carbonyl (C=O) groups excluding carboxylic acids is 2. The van der Waals surface area contributed by atoms with Crippen molar-refractivity contribution in [3.05, 3.63) is 54.1 Å². The van der Waals surface area contributed by atoms with Crippen molar-refractivity contribution >= 4 is 33.3 Å². The largest absolute Gasteiger partial charge is 0.490 e. The summed E-state index contributed by atoms with van der Waals surface area (Å²) >= 11 is 0. The Labute approximate surface area is 249 Å². The highest BCUT2D eigenvalue weighted by Gasteiger charge is 2.31. The van der Waals surface area contributed by atoms with Crippen molar-refractivity contribution in [1.82, 2.24) is 9.80 Å². The maximum Gasteiger partial charge on any atom is 0.321 e. The Morgan fingerprint density at radius 3 is 2.52 bits per heavy atom. The molecule has 4 atom stereocenters. The third kappa shape index (κ3) is 9.88. The monoisotopic (exact) mass is 604 g/mol. The molecule has 42 heavy (non-hydrogen) atoms. The summed E-state index contributed by atoms with van der Waals surface area (Å²) in [6.45, 7) is 6.32. The van der Waals surface area contributed by atoms with Crippen LogP contribution in [0.25, 0.3) is 0 Å². The van der Waals surface area contributed by atoms with Gasteiger partial charge >= 0.3 is 6.03 Å². The number of anilines is 2. The molecule has 0 aromatic heterocycles. The van der Waals surface area contributed by atoms with Crippen LogP contribution in [0.4, 0.5) is 16.2 Å². The van der Waals surface area contributed by atoms with E-state index in [2.05, 4.69) is 10.0 Å². The molecule has 0 saturated heterocycles. The van der Waals surface area contributed by atoms with Gasteiger partial charge in [0.25, 0.3) is 5.91 Å². The van der Waals surface area contributed by atoms with E-state index >= 15 is 0 Å². The van der Waals surface area contributed by atoms with E-state index < -0.39 is 28.1 Å². The predicted octanol–water partition coefficient (Wildman–Crippen LogP) is 4.02. The lowest BCUT2D eigenvalue weighted by Gasteiger charge is -2.35. The van der Waals surface area contributed by atoms with Crippen LogP contribution < -0.4 is 14.8 Å². The number of likely N-dealkylation sites (N-methyl/N-ethyl adjacent to an activating group) is 1. The zero-order valence-electron chi connectivity index (χ0n) is 25.1. The van der Waals surface area contributed by atoms with Crippen LogP contribution in [0.2, 0.25) is 0 Å². The van der Waals surface area contributed by atoms with Crippen LogP contribution in [-0.2, 0) is 14.8 Å². The third-order valence-corrected chi connectivity index (χ3v) is 7.79. The zero-order chi connectivity index (χ0) is 30.9. The van der Waals surface area contributed by atoms with E-state index in [1.807, 2.05) is 44.2 Å². The fourth-order valence-electron chi connectivity index (χ4n) is 4.76. The average Bonchev–Trinajstić information content (AvgIpc) is 2.94. The van der Waals surface area contributed by atoms with Gasteiger partial charge in [0.05, 0.1) is 36.7 Å². The van der Waals surface area contributed by atoms with Crippen LogP contribution in [0.1, 0.15) is 50.4 Å². The van der Waals surface area contributed by atoms with Gasteiger partial charge in [-0.05, 0) is 63.4 Å². The lowest BCUT2D eigenvalue weighted by Crippen LogP contribution is -2.48. The minimum Gasteiger partial charge on any atom is -0.490 e. The Kier molecular flexibility index (Phi) is 12.0. The first-order valence-corrected chi connectivity index (χ1v) is 16.2. The van der Waals surface area contributed by atoms with Gasteiger partial charge in [-0.15, -0.1) is 0 Å². The molecular weight excluding hydrogens is 560 g/mol. The first-order chi connectivity index (χ1) is 19.9. The number of nitrogens with zero attached hydrogens (tertiary/aromatic N) is 2. The summed E-state index contributed by atoms with van der Waals surface area (Å²) in [6, 6.07) is 13.0. The van der Waals surface area contributed by atoms with Crippen LogP contribution in [0, 0.1) is 5.92 Å². The van der Waals surface area contributed by atoms with E-state index in [4.69, 9.17) is 9.47 Å². The van der Waals surface area contributed by atoms with Gasteiger partial charge < -0.3 is 29.7 Å². The quantitative estimate of drug-likeness (QED) is 0.434. The summed E-state index contributed by atoms with van der Waals surface area (Å²) in [5, 5.41) is 13.0. The number of rotatable bonds is 7. The molecule has 11 nitrogen and oxygen atoms in total. The van der Waals surface area contributed by atoms with Gasteiger partial charge in [0.1, 0.15) is 5.75 Å². The highest BCUT2D eigenvalue weighted by molar-refractivity contribution is 7.92. The molecule has 1 heterocycles. The van der Waals surface area contributed by atoms with E-state index in [1.165, 1.54) is 6.07 Å². The molecule has 0 radical (unpaired) electrons. The number of benzene rings is 2. The maximum atomic E-state index is 14.1. The number of carbonyl (C=O) groups is 2. The lowest BCUT2D eigenvalue weighted by atomic mass is 10.0. The molecule has 3 amide bonds. The van der Waals surface area contributed by atoms with Crippen LogP contribution in [-0.4, -0.2) is 93.1 Å². The van der Waals surface area contributed by atoms with Gasteiger partial charge in [0.2, 0.25) is 10.0 Å². The Hall–Kier alpha value is -3.35. The third-order valence-electron chi connectivity index (χ3n) is 7.18. The first kappa shape index (κ1) is 33.2. The molecule has 12 heteroatoms. The van der Waals surface area contributed by atoms with Crippen molar-refractivity contribution < 1.29 is 32.6 Å². The van der Waals surface area contributed by atoms with Gasteiger partial charge in [-0.3, -0.25) is 9.52 Å². The van der Waals surface area contributed by atoms with Gasteiger partial charge in [-0.25, -0.2) is 13.2 Å². The fourth-order valence-corrected chi connectivity index (χ4v) is 5.31. The molecule has 0 bridgehead atoms. The maximum absolute atomic E-state index is 14.1. The minimum atomic E-state index is -3.58. The number of ether oxygens (including phenoxy) is 2. The van der Waals surface area contributed by atoms with Gasteiger partial charge in [-0.2, -0.15) is 0 Å². The summed E-state index contributed by atoms with van der Waals surface area (Å²) in [4.78, 5) is 30.1. The smallest absolute Gasteiger partial charge is 0.321 e. The second kappa shape index (κ2) is 15.2. The van der Waals surface area contributed by atoms with E-state index in [1.54, 1.807) is 35.9 Å². The van der Waals surface area contributed by atoms with E-state index in [0.717, 1.165) is 25.5 Å². The molecule has 0 spiro atoms. The lowest BCUT2D eigenvalue weighted by molar-refractivity contribution is -0.0115. The summed E-state index contributed by atoms with van der Waals surface area (Å²) in [6.07, 6.45) is 2.77. The Bertz CT molecular complexity index is 1290. The standard InChI is InChI=1S/C30H44N4O7S/c1-21-18-34(22(2)20-35)29(36)26-17-25(32-42(5,38)39)14-15-27(26)41-23(3)11-9-10-16-40-28(21)19-33(4)30(37)31-24-12-7-6-8-13-24/h6-8,12-15,17,21-23,28,32,35H,9-11,16,18-20H2,1-5H3,(H,31,37)/t21-,22-,23+,28+/m1/s1. The molecular formula is C30H44N4O7S. The summed E-state index contributed by atoms with van der Waals surface area (Å²) in [5.41, 5.74) is 1.11. The number of urea groups is 1. The van der Waals surface area contributed by atoms with Crippen molar-refractivity contribution in [3.63, 3.8) is 0 Å². The number of sulfonamides is 1. The zero-order valence-corrected chi connectivity index (χ0v) is 25.9. The SMILES string of the molecule is C[C@@H]1CN([C@H](C)CO)C(=O)c2cc(NS(C)(=O)=O)ccc2O[C@@H](C)CCCCO[C@H]1CN(C)C(=O)Nc1ccccc1. The highest BCUT2D eigenvalue weighted by Crippen LogP contribution is 2.29. The van der Waals surface area contributed by atoms with Crippen LogP contribution in [0.5, 0.6) is 5.75 Å². The number of fused-ring (bicyclic) bond motifs is 1. The minimum absolute atomic E-state index is 0.192. The van der Waals surface area contributed by atoms with Crippen molar-refractivity contribution in [2.75, 3.05) is 49.6 Å². The van der Waals surface area contributed by atoms with E-state index in [-0.39, 0.29) is 49.0 Å². The topological polar surface area (TPSA) is 138 Å². The Morgan fingerprint density at radius 1 is 1.14 bits per heavy atom. The van der Waals surface area contributed by atoms with Crippen molar-refractivity contribution in [2.45, 2.75) is 58.3 Å². The number of hydrogen-bond acceptors (Lipinski definition) is 7. The summed E-state index contributed by atoms with van der Waals surface area (Å²) in [7, 11) is -1.88.